The Bertz CT molecular complexity index is 1100. The number of Topliss-reactive ketones (excluding diaryl/α,β-unsaturated/α-hetero) is 1. The number of methoxy groups -OCH3 is 1. The summed E-state index contributed by atoms with van der Waals surface area (Å²) in [5.41, 5.74) is 0.432. The van der Waals surface area contributed by atoms with E-state index in [1.165, 1.54) is 35.9 Å². The van der Waals surface area contributed by atoms with Crippen molar-refractivity contribution in [3.05, 3.63) is 70.3 Å². The molecule has 0 saturated carbocycles. The molecule has 8 heteroatoms. The first-order valence-corrected chi connectivity index (χ1v) is 9.31. The number of ether oxygens (including phenoxy) is 1. The van der Waals surface area contributed by atoms with Crippen molar-refractivity contribution in [2.45, 2.75) is 23.9 Å². The number of para-hydroxylation sites is 1. The SMILES string of the molecule is COC(=O)Cn1c(S[C@@H](C)C(=O)c2ccc(F)cc2)nc2ccccc2c1=O. The number of nitrogens with zero attached hydrogens (tertiary/aromatic N) is 2. The highest BCUT2D eigenvalue weighted by molar-refractivity contribution is 8.00. The molecule has 3 rings (SSSR count). The van der Waals surface area contributed by atoms with E-state index in [0.29, 0.717) is 16.5 Å². The number of rotatable bonds is 6. The van der Waals surface area contributed by atoms with E-state index in [1.807, 2.05) is 0 Å². The van der Waals surface area contributed by atoms with E-state index in [4.69, 9.17) is 0 Å². The van der Waals surface area contributed by atoms with Gasteiger partial charge in [-0.05, 0) is 43.3 Å². The zero-order valence-electron chi connectivity index (χ0n) is 15.2. The van der Waals surface area contributed by atoms with E-state index < -0.39 is 17.0 Å². The van der Waals surface area contributed by atoms with Crippen molar-refractivity contribution in [1.29, 1.82) is 0 Å². The fraction of sp³-hybridized carbons (Fsp3) is 0.200. The van der Waals surface area contributed by atoms with Crippen molar-refractivity contribution >= 4 is 34.4 Å². The molecule has 0 unspecified atom stereocenters. The lowest BCUT2D eigenvalue weighted by Crippen LogP contribution is -2.28. The van der Waals surface area contributed by atoms with Gasteiger partial charge in [-0.1, -0.05) is 23.9 Å². The minimum atomic E-state index is -0.609. The molecule has 0 aliphatic rings. The first-order valence-electron chi connectivity index (χ1n) is 8.43. The molecule has 0 fully saturated rings. The number of carbonyl (C=O) groups is 2. The molecule has 144 valence electrons. The third-order valence-electron chi connectivity index (χ3n) is 4.12. The topological polar surface area (TPSA) is 78.3 Å². The largest absolute Gasteiger partial charge is 0.468 e. The molecule has 0 aliphatic carbocycles. The summed E-state index contributed by atoms with van der Waals surface area (Å²) in [6, 6.07) is 12.0. The predicted octanol–water partition coefficient (Wildman–Crippen LogP) is 3.07. The van der Waals surface area contributed by atoms with E-state index in [2.05, 4.69) is 9.72 Å². The average molecular weight is 400 g/mol. The van der Waals surface area contributed by atoms with Gasteiger partial charge in [-0.25, -0.2) is 9.37 Å². The Balaban J connectivity index is 1.99. The summed E-state index contributed by atoms with van der Waals surface area (Å²) in [5, 5.41) is -0.00671. The van der Waals surface area contributed by atoms with Gasteiger partial charge in [0.05, 0.1) is 23.3 Å². The average Bonchev–Trinajstić information content (AvgIpc) is 2.70. The number of aromatic nitrogens is 2. The molecule has 28 heavy (non-hydrogen) atoms. The molecule has 0 radical (unpaired) electrons. The molecule has 1 aromatic heterocycles. The van der Waals surface area contributed by atoms with Gasteiger partial charge in [0.1, 0.15) is 12.4 Å². The molecule has 1 atom stereocenters. The van der Waals surface area contributed by atoms with Crippen LogP contribution in [0.3, 0.4) is 0 Å². The van der Waals surface area contributed by atoms with Gasteiger partial charge < -0.3 is 4.74 Å². The molecule has 2 aromatic carbocycles. The number of ketones is 1. The Kier molecular flexibility index (Phi) is 5.89. The number of fused-ring (bicyclic) bond motifs is 1. The Morgan fingerprint density at radius 3 is 2.54 bits per heavy atom. The number of halogens is 1. The quantitative estimate of drug-likeness (QED) is 0.274. The molecule has 0 N–H and O–H groups in total. The maximum absolute atomic E-state index is 13.1. The molecule has 0 saturated heterocycles. The summed E-state index contributed by atoms with van der Waals surface area (Å²) in [5.74, 6) is -1.27. The second-order valence-corrected chi connectivity index (χ2v) is 7.32. The Hall–Kier alpha value is -3.00. The molecule has 6 nitrogen and oxygen atoms in total. The maximum Gasteiger partial charge on any atom is 0.325 e. The van der Waals surface area contributed by atoms with Gasteiger partial charge >= 0.3 is 5.97 Å². The number of benzene rings is 2. The van der Waals surface area contributed by atoms with Crippen LogP contribution in [0.5, 0.6) is 0 Å². The summed E-state index contributed by atoms with van der Waals surface area (Å²) in [7, 11) is 1.23. The van der Waals surface area contributed by atoms with Crippen molar-refractivity contribution in [1.82, 2.24) is 9.55 Å². The van der Waals surface area contributed by atoms with Crippen molar-refractivity contribution in [3.8, 4) is 0 Å². The van der Waals surface area contributed by atoms with Gasteiger partial charge in [0, 0.05) is 5.56 Å². The molecule has 0 aliphatic heterocycles. The lowest BCUT2D eigenvalue weighted by atomic mass is 10.1. The van der Waals surface area contributed by atoms with Gasteiger partial charge in [-0.15, -0.1) is 0 Å². The van der Waals surface area contributed by atoms with Crippen molar-refractivity contribution in [3.63, 3.8) is 0 Å². The molecule has 0 amide bonds. The van der Waals surface area contributed by atoms with E-state index in [0.717, 1.165) is 11.8 Å². The van der Waals surface area contributed by atoms with Gasteiger partial charge in [0.2, 0.25) is 0 Å². The number of thioether (sulfide) groups is 1. The van der Waals surface area contributed by atoms with Crippen LogP contribution in [-0.2, 0) is 16.1 Å². The highest BCUT2D eigenvalue weighted by Gasteiger charge is 2.21. The fourth-order valence-electron chi connectivity index (χ4n) is 2.63. The Morgan fingerprint density at radius 1 is 1.18 bits per heavy atom. The van der Waals surface area contributed by atoms with Crippen molar-refractivity contribution in [2.75, 3.05) is 7.11 Å². The smallest absolute Gasteiger partial charge is 0.325 e. The lowest BCUT2D eigenvalue weighted by molar-refractivity contribution is -0.141. The molecular formula is C20H17FN2O4S. The third kappa shape index (κ3) is 4.12. The highest BCUT2D eigenvalue weighted by Crippen LogP contribution is 2.25. The Labute approximate surface area is 164 Å². The normalized spacial score (nSPS) is 12.0. The van der Waals surface area contributed by atoms with Crippen LogP contribution in [0.25, 0.3) is 10.9 Å². The second-order valence-electron chi connectivity index (χ2n) is 6.01. The molecule has 0 bridgehead atoms. The summed E-state index contributed by atoms with van der Waals surface area (Å²) in [6.07, 6.45) is 0. The minimum absolute atomic E-state index is 0.233. The number of carbonyl (C=O) groups excluding carboxylic acids is 2. The van der Waals surface area contributed by atoms with Crippen LogP contribution >= 0.6 is 11.8 Å². The van der Waals surface area contributed by atoms with Crippen LogP contribution in [0.4, 0.5) is 4.39 Å². The lowest BCUT2D eigenvalue weighted by Gasteiger charge is -2.15. The molecule has 1 heterocycles. The summed E-state index contributed by atoms with van der Waals surface area (Å²) < 4.78 is 19.0. The number of hydrogen-bond donors (Lipinski definition) is 0. The van der Waals surface area contributed by atoms with Gasteiger partial charge in [-0.2, -0.15) is 0 Å². The van der Waals surface area contributed by atoms with E-state index in [9.17, 15) is 18.8 Å². The zero-order chi connectivity index (χ0) is 20.3. The van der Waals surface area contributed by atoms with Crippen LogP contribution in [0.15, 0.2) is 58.5 Å². The summed E-state index contributed by atoms with van der Waals surface area (Å²) in [4.78, 5) is 41.7. The highest BCUT2D eigenvalue weighted by atomic mass is 32.2. The number of hydrogen-bond acceptors (Lipinski definition) is 6. The third-order valence-corrected chi connectivity index (χ3v) is 5.21. The first-order chi connectivity index (χ1) is 13.4. The predicted molar refractivity (Wildman–Crippen MR) is 104 cm³/mol. The van der Waals surface area contributed by atoms with Crippen molar-refractivity contribution in [2.24, 2.45) is 0 Å². The van der Waals surface area contributed by atoms with Gasteiger partial charge in [0.15, 0.2) is 10.9 Å². The van der Waals surface area contributed by atoms with Gasteiger partial charge in [0.25, 0.3) is 5.56 Å². The molecule has 0 spiro atoms. The summed E-state index contributed by atoms with van der Waals surface area (Å²) in [6.45, 7) is 1.35. The minimum Gasteiger partial charge on any atom is -0.468 e. The van der Waals surface area contributed by atoms with Crippen LogP contribution in [-0.4, -0.2) is 33.7 Å². The second kappa shape index (κ2) is 8.35. The van der Waals surface area contributed by atoms with Crippen LogP contribution < -0.4 is 5.56 Å². The monoisotopic (exact) mass is 400 g/mol. The molecule has 3 aromatic rings. The standard InChI is InChI=1S/C20H17FN2O4S/c1-12(18(25)13-7-9-14(21)10-8-13)28-20-22-16-6-4-3-5-15(16)19(26)23(20)11-17(24)27-2/h3-10,12H,11H2,1-2H3/t12-/m0/s1. The van der Waals surface area contributed by atoms with Crippen LogP contribution in [0, 0.1) is 5.82 Å². The van der Waals surface area contributed by atoms with E-state index in [1.54, 1.807) is 31.2 Å². The summed E-state index contributed by atoms with van der Waals surface area (Å²) >= 11 is 1.06. The van der Waals surface area contributed by atoms with E-state index in [-0.39, 0.29) is 23.0 Å². The van der Waals surface area contributed by atoms with Crippen LogP contribution in [0.1, 0.15) is 17.3 Å². The Morgan fingerprint density at radius 2 is 1.86 bits per heavy atom. The maximum atomic E-state index is 13.1. The van der Waals surface area contributed by atoms with E-state index >= 15 is 0 Å². The molecular weight excluding hydrogens is 383 g/mol. The van der Waals surface area contributed by atoms with Gasteiger partial charge in [-0.3, -0.25) is 19.0 Å². The fourth-order valence-corrected chi connectivity index (χ4v) is 3.62. The zero-order valence-corrected chi connectivity index (χ0v) is 16.0. The first kappa shape index (κ1) is 19.8. The number of esters is 1. The van der Waals surface area contributed by atoms with Crippen molar-refractivity contribution < 1.29 is 18.7 Å². The van der Waals surface area contributed by atoms with Crippen LogP contribution in [0.2, 0.25) is 0 Å².